The lowest BCUT2D eigenvalue weighted by molar-refractivity contribution is -0.00803. The second-order valence-corrected chi connectivity index (χ2v) is 6.48. The van der Waals surface area contributed by atoms with E-state index < -0.39 is 11.7 Å². The van der Waals surface area contributed by atoms with Gasteiger partial charge in [-0.1, -0.05) is 36.7 Å². The highest BCUT2D eigenvalue weighted by Crippen LogP contribution is 2.31. The van der Waals surface area contributed by atoms with Gasteiger partial charge in [-0.3, -0.25) is 0 Å². The molecule has 1 aromatic carbocycles. The van der Waals surface area contributed by atoms with Crippen molar-refractivity contribution >= 4 is 11.6 Å². The highest BCUT2D eigenvalue weighted by atomic mass is 35.5. The third-order valence-electron chi connectivity index (χ3n) is 4.26. The molecule has 0 saturated heterocycles. The van der Waals surface area contributed by atoms with Crippen molar-refractivity contribution < 1.29 is 10.2 Å². The number of benzene rings is 1. The van der Waals surface area contributed by atoms with Crippen molar-refractivity contribution in [2.45, 2.75) is 44.3 Å². The molecule has 0 aromatic heterocycles. The Kier molecular flexibility index (Phi) is 5.44. The van der Waals surface area contributed by atoms with Gasteiger partial charge in [0.2, 0.25) is 0 Å². The predicted molar refractivity (Wildman–Crippen MR) is 81.9 cm³/mol. The molecule has 1 atom stereocenters. The maximum Gasteiger partial charge on any atom is 0.0928 e. The van der Waals surface area contributed by atoms with Gasteiger partial charge >= 0.3 is 0 Å². The first-order chi connectivity index (χ1) is 9.50. The third kappa shape index (κ3) is 4.19. The fraction of sp³-hybridized carbons (Fsp3) is 0.625. The molecule has 1 fully saturated rings. The average molecular weight is 298 g/mol. The molecule has 3 N–H and O–H groups in total. The van der Waals surface area contributed by atoms with Gasteiger partial charge in [0.05, 0.1) is 11.7 Å². The summed E-state index contributed by atoms with van der Waals surface area (Å²) >= 11 is 6.05. The summed E-state index contributed by atoms with van der Waals surface area (Å²) in [4.78, 5) is 0. The van der Waals surface area contributed by atoms with E-state index in [-0.39, 0.29) is 0 Å². The van der Waals surface area contributed by atoms with Crippen LogP contribution in [-0.4, -0.2) is 28.9 Å². The van der Waals surface area contributed by atoms with Crippen LogP contribution in [0.2, 0.25) is 5.02 Å². The second-order valence-electron chi connectivity index (χ2n) is 6.08. The van der Waals surface area contributed by atoms with Gasteiger partial charge in [-0.25, -0.2) is 0 Å². The summed E-state index contributed by atoms with van der Waals surface area (Å²) in [7, 11) is 0. The van der Waals surface area contributed by atoms with Crippen molar-refractivity contribution in [1.82, 2.24) is 5.32 Å². The first kappa shape index (κ1) is 15.8. The van der Waals surface area contributed by atoms with Crippen molar-refractivity contribution in [2.24, 2.45) is 5.92 Å². The Morgan fingerprint density at radius 2 is 2.00 bits per heavy atom. The van der Waals surface area contributed by atoms with Crippen LogP contribution in [-0.2, 0) is 0 Å². The van der Waals surface area contributed by atoms with E-state index in [0.29, 0.717) is 24.0 Å². The molecule has 2 rings (SSSR count). The quantitative estimate of drug-likeness (QED) is 0.783. The van der Waals surface area contributed by atoms with Crippen LogP contribution in [0.5, 0.6) is 0 Å². The zero-order valence-electron chi connectivity index (χ0n) is 12.0. The van der Waals surface area contributed by atoms with Crippen LogP contribution in [0.3, 0.4) is 0 Å². The fourth-order valence-electron chi connectivity index (χ4n) is 2.77. The van der Waals surface area contributed by atoms with Crippen LogP contribution in [0.4, 0.5) is 0 Å². The Hall–Kier alpha value is -0.610. The van der Waals surface area contributed by atoms with Crippen molar-refractivity contribution in [1.29, 1.82) is 0 Å². The first-order valence-electron chi connectivity index (χ1n) is 7.36. The van der Waals surface area contributed by atoms with Gasteiger partial charge in [-0.05, 0) is 37.7 Å². The lowest BCUT2D eigenvalue weighted by atomic mass is 9.79. The molecule has 1 aromatic rings. The summed E-state index contributed by atoms with van der Waals surface area (Å²) in [5, 5.41) is 24.3. The van der Waals surface area contributed by atoms with Crippen LogP contribution in [0.25, 0.3) is 0 Å². The van der Waals surface area contributed by atoms with E-state index in [4.69, 9.17) is 11.6 Å². The summed E-state index contributed by atoms with van der Waals surface area (Å²) in [6.45, 7) is 3.16. The van der Waals surface area contributed by atoms with E-state index in [1.807, 2.05) is 18.2 Å². The van der Waals surface area contributed by atoms with Crippen LogP contribution in [0.15, 0.2) is 24.3 Å². The number of rotatable bonds is 5. The Labute approximate surface area is 126 Å². The topological polar surface area (TPSA) is 52.5 Å². The molecule has 1 saturated carbocycles. The normalized spacial score (nSPS) is 28.3. The van der Waals surface area contributed by atoms with E-state index >= 15 is 0 Å². The first-order valence-corrected chi connectivity index (χ1v) is 7.73. The van der Waals surface area contributed by atoms with Gasteiger partial charge < -0.3 is 15.5 Å². The summed E-state index contributed by atoms with van der Waals surface area (Å²) < 4.78 is 0. The zero-order chi connectivity index (χ0) is 14.6. The Morgan fingerprint density at radius 3 is 2.65 bits per heavy atom. The van der Waals surface area contributed by atoms with Crippen molar-refractivity contribution in [3.05, 3.63) is 34.9 Å². The van der Waals surface area contributed by atoms with E-state index in [1.54, 1.807) is 6.07 Å². The van der Waals surface area contributed by atoms with E-state index in [2.05, 4.69) is 12.2 Å². The van der Waals surface area contributed by atoms with Gasteiger partial charge in [0.1, 0.15) is 0 Å². The van der Waals surface area contributed by atoms with Crippen LogP contribution in [0, 0.1) is 5.92 Å². The summed E-state index contributed by atoms with van der Waals surface area (Å²) in [5.74, 6) is 0.712. The molecule has 1 aliphatic carbocycles. The minimum Gasteiger partial charge on any atom is -0.389 e. The van der Waals surface area contributed by atoms with Crippen LogP contribution < -0.4 is 5.32 Å². The van der Waals surface area contributed by atoms with Gasteiger partial charge in [0, 0.05) is 23.7 Å². The molecule has 112 valence electrons. The molecular formula is C16H24ClNO2. The number of hydrogen-bond donors (Lipinski definition) is 3. The molecule has 0 bridgehead atoms. The molecule has 20 heavy (non-hydrogen) atoms. The molecule has 0 amide bonds. The molecule has 0 heterocycles. The van der Waals surface area contributed by atoms with Crippen molar-refractivity contribution in [2.75, 3.05) is 13.1 Å². The second kappa shape index (κ2) is 6.90. The van der Waals surface area contributed by atoms with Crippen molar-refractivity contribution in [3.63, 3.8) is 0 Å². The molecule has 0 aliphatic heterocycles. The Bertz CT molecular complexity index is 430. The number of aliphatic hydroxyl groups excluding tert-OH is 1. The molecular weight excluding hydrogens is 274 g/mol. The SMILES string of the molecule is CC1CCC(O)(CNCC(O)c2ccccc2Cl)CC1. The minimum atomic E-state index is -0.644. The van der Waals surface area contributed by atoms with E-state index in [0.717, 1.165) is 31.2 Å². The standard InChI is InChI=1S/C16H24ClNO2/c1-12-6-8-16(20,9-7-12)11-18-10-15(19)13-4-2-3-5-14(13)17/h2-5,12,15,18-20H,6-11H2,1H3. The number of hydrogen-bond acceptors (Lipinski definition) is 3. The highest BCUT2D eigenvalue weighted by molar-refractivity contribution is 6.31. The number of nitrogens with one attached hydrogen (secondary N) is 1. The van der Waals surface area contributed by atoms with Gasteiger partial charge in [0.25, 0.3) is 0 Å². The fourth-order valence-corrected chi connectivity index (χ4v) is 3.03. The van der Waals surface area contributed by atoms with Crippen LogP contribution in [0.1, 0.15) is 44.3 Å². The maximum absolute atomic E-state index is 10.5. The van der Waals surface area contributed by atoms with E-state index in [9.17, 15) is 10.2 Å². The highest BCUT2D eigenvalue weighted by Gasteiger charge is 2.31. The summed E-state index contributed by atoms with van der Waals surface area (Å²) in [6.07, 6.45) is 3.18. The zero-order valence-corrected chi connectivity index (χ0v) is 12.7. The maximum atomic E-state index is 10.5. The Balaban J connectivity index is 1.80. The monoisotopic (exact) mass is 297 g/mol. The van der Waals surface area contributed by atoms with Gasteiger partial charge in [-0.15, -0.1) is 0 Å². The average Bonchev–Trinajstić information content (AvgIpc) is 2.43. The van der Waals surface area contributed by atoms with Crippen molar-refractivity contribution in [3.8, 4) is 0 Å². The lowest BCUT2D eigenvalue weighted by Crippen LogP contribution is -2.44. The predicted octanol–water partition coefficient (Wildman–Crippen LogP) is 2.90. The third-order valence-corrected chi connectivity index (χ3v) is 4.61. The van der Waals surface area contributed by atoms with Gasteiger partial charge in [-0.2, -0.15) is 0 Å². The summed E-state index contributed by atoms with van der Waals surface area (Å²) in [5.41, 5.74) is 0.109. The van der Waals surface area contributed by atoms with E-state index in [1.165, 1.54) is 0 Å². The molecule has 1 unspecified atom stereocenters. The minimum absolute atomic E-state index is 0.404. The summed E-state index contributed by atoms with van der Waals surface area (Å²) in [6, 6.07) is 7.31. The number of aliphatic hydroxyl groups is 2. The smallest absolute Gasteiger partial charge is 0.0928 e. The van der Waals surface area contributed by atoms with Gasteiger partial charge in [0.15, 0.2) is 0 Å². The Morgan fingerprint density at radius 1 is 1.35 bits per heavy atom. The number of halogens is 1. The molecule has 4 heteroatoms. The van der Waals surface area contributed by atoms with Crippen LogP contribution >= 0.6 is 11.6 Å². The molecule has 3 nitrogen and oxygen atoms in total. The molecule has 1 aliphatic rings. The lowest BCUT2D eigenvalue weighted by Gasteiger charge is -2.35. The largest absolute Gasteiger partial charge is 0.389 e. The molecule has 0 radical (unpaired) electrons. The molecule has 0 spiro atoms.